The van der Waals surface area contributed by atoms with Crippen molar-refractivity contribution in [1.29, 1.82) is 0 Å². The van der Waals surface area contributed by atoms with Crippen molar-refractivity contribution in [3.8, 4) is 0 Å². The van der Waals surface area contributed by atoms with Crippen LogP contribution in [-0.2, 0) is 9.59 Å². The number of amides is 2. The molecular weight excluding hydrogens is 312 g/mol. The third kappa shape index (κ3) is 5.58. The summed E-state index contributed by atoms with van der Waals surface area (Å²) < 4.78 is 0. The predicted molar refractivity (Wildman–Crippen MR) is 101 cm³/mol. The summed E-state index contributed by atoms with van der Waals surface area (Å²) in [6.07, 6.45) is 4.06. The molecule has 2 amide bonds. The molecule has 1 aliphatic rings. The van der Waals surface area contributed by atoms with Crippen LogP contribution in [0.25, 0.3) is 0 Å². The van der Waals surface area contributed by atoms with E-state index in [9.17, 15) is 9.59 Å². The van der Waals surface area contributed by atoms with Gasteiger partial charge in [0.2, 0.25) is 11.8 Å². The molecule has 0 aromatic heterocycles. The number of rotatable bonds is 6. The molecule has 2 rings (SSSR count). The van der Waals surface area contributed by atoms with E-state index < -0.39 is 6.04 Å². The van der Waals surface area contributed by atoms with Crippen molar-refractivity contribution in [3.05, 3.63) is 35.9 Å². The van der Waals surface area contributed by atoms with Crippen LogP contribution in [0.15, 0.2) is 30.3 Å². The molecule has 1 fully saturated rings. The zero-order chi connectivity index (χ0) is 18.4. The largest absolute Gasteiger partial charge is 0.348 e. The van der Waals surface area contributed by atoms with Gasteiger partial charge in [-0.1, -0.05) is 51.1 Å². The number of carbonyl (C=O) groups is 2. The molecule has 25 heavy (non-hydrogen) atoms. The van der Waals surface area contributed by atoms with Crippen LogP contribution in [0, 0.1) is 17.8 Å². The number of nitrogens with one attached hydrogen (secondary N) is 2. The van der Waals surface area contributed by atoms with Crippen LogP contribution in [0.4, 0.5) is 0 Å². The monoisotopic (exact) mass is 344 g/mol. The molecule has 0 aliphatic heterocycles. The lowest BCUT2D eigenvalue weighted by atomic mass is 9.82. The van der Waals surface area contributed by atoms with E-state index in [1.807, 2.05) is 51.1 Å². The van der Waals surface area contributed by atoms with Gasteiger partial charge in [0.25, 0.3) is 0 Å². The van der Waals surface area contributed by atoms with Crippen LogP contribution in [0.5, 0.6) is 0 Å². The fourth-order valence-corrected chi connectivity index (χ4v) is 3.46. The van der Waals surface area contributed by atoms with Crippen LogP contribution in [0.1, 0.15) is 65.0 Å². The van der Waals surface area contributed by atoms with Crippen LogP contribution in [0.3, 0.4) is 0 Å². The third-order valence-electron chi connectivity index (χ3n) is 5.29. The fourth-order valence-electron chi connectivity index (χ4n) is 3.46. The SMILES string of the molecule is CC1CCC(C(=O)NC(C(=O)NC(C)c2ccccc2)C(C)C)CC1. The molecule has 2 atom stereocenters. The lowest BCUT2D eigenvalue weighted by Gasteiger charge is -2.29. The predicted octanol–water partition coefficient (Wildman–Crippen LogP) is 3.83. The lowest BCUT2D eigenvalue weighted by Crippen LogP contribution is -2.51. The van der Waals surface area contributed by atoms with E-state index in [2.05, 4.69) is 17.6 Å². The topological polar surface area (TPSA) is 58.2 Å². The number of benzene rings is 1. The summed E-state index contributed by atoms with van der Waals surface area (Å²) in [5.41, 5.74) is 1.06. The maximum absolute atomic E-state index is 12.7. The lowest BCUT2D eigenvalue weighted by molar-refractivity contribution is -0.133. The van der Waals surface area contributed by atoms with E-state index >= 15 is 0 Å². The van der Waals surface area contributed by atoms with Crippen LogP contribution < -0.4 is 10.6 Å². The van der Waals surface area contributed by atoms with Gasteiger partial charge in [-0.3, -0.25) is 9.59 Å². The van der Waals surface area contributed by atoms with Gasteiger partial charge in [-0.15, -0.1) is 0 Å². The van der Waals surface area contributed by atoms with Gasteiger partial charge in [0.1, 0.15) is 6.04 Å². The van der Waals surface area contributed by atoms with E-state index in [1.54, 1.807) is 0 Å². The summed E-state index contributed by atoms with van der Waals surface area (Å²) in [6, 6.07) is 9.31. The Kier molecular flexibility index (Phi) is 7.03. The normalized spacial score (nSPS) is 22.9. The summed E-state index contributed by atoms with van der Waals surface area (Å²) in [6.45, 7) is 8.15. The Balaban J connectivity index is 1.95. The van der Waals surface area contributed by atoms with E-state index in [1.165, 1.54) is 0 Å². The molecule has 1 aromatic carbocycles. The molecule has 0 bridgehead atoms. The standard InChI is InChI=1S/C21H32N2O2/c1-14(2)19(23-20(24)18-12-10-15(3)11-13-18)21(25)22-16(4)17-8-6-5-7-9-17/h5-9,14-16,18-19H,10-13H2,1-4H3,(H,22,25)(H,23,24). The van der Waals surface area contributed by atoms with Gasteiger partial charge < -0.3 is 10.6 Å². The second-order valence-electron chi connectivity index (χ2n) is 7.83. The Labute approximate surface area is 151 Å². The van der Waals surface area contributed by atoms with Crippen molar-refractivity contribution < 1.29 is 9.59 Å². The van der Waals surface area contributed by atoms with E-state index in [0.29, 0.717) is 5.92 Å². The maximum atomic E-state index is 12.7. The van der Waals surface area contributed by atoms with Crippen molar-refractivity contribution in [2.45, 2.75) is 65.5 Å². The average Bonchev–Trinajstić information content (AvgIpc) is 2.60. The first-order chi connectivity index (χ1) is 11.9. The molecule has 1 aromatic rings. The Morgan fingerprint density at radius 3 is 2.12 bits per heavy atom. The number of carbonyl (C=O) groups excluding carboxylic acids is 2. The molecule has 0 heterocycles. The summed E-state index contributed by atoms with van der Waals surface area (Å²) in [5.74, 6) is 0.739. The highest BCUT2D eigenvalue weighted by molar-refractivity contribution is 5.88. The summed E-state index contributed by atoms with van der Waals surface area (Å²) in [7, 11) is 0. The van der Waals surface area contributed by atoms with Gasteiger partial charge in [0.05, 0.1) is 6.04 Å². The molecule has 0 spiro atoms. The summed E-state index contributed by atoms with van der Waals surface area (Å²) in [4.78, 5) is 25.3. The first kappa shape index (κ1) is 19.5. The molecule has 138 valence electrons. The molecule has 1 saturated carbocycles. The number of hydrogen-bond acceptors (Lipinski definition) is 2. The van der Waals surface area contributed by atoms with Gasteiger partial charge >= 0.3 is 0 Å². The Morgan fingerprint density at radius 2 is 1.56 bits per heavy atom. The maximum Gasteiger partial charge on any atom is 0.243 e. The van der Waals surface area contributed by atoms with Gasteiger partial charge in [0.15, 0.2) is 0 Å². The van der Waals surface area contributed by atoms with Crippen LogP contribution >= 0.6 is 0 Å². The van der Waals surface area contributed by atoms with Gasteiger partial charge in [-0.25, -0.2) is 0 Å². The van der Waals surface area contributed by atoms with Crippen molar-refractivity contribution >= 4 is 11.8 Å². The van der Waals surface area contributed by atoms with Crippen molar-refractivity contribution in [2.24, 2.45) is 17.8 Å². The molecular formula is C21H32N2O2. The first-order valence-electron chi connectivity index (χ1n) is 9.54. The van der Waals surface area contributed by atoms with E-state index in [4.69, 9.17) is 0 Å². The van der Waals surface area contributed by atoms with Crippen molar-refractivity contribution in [1.82, 2.24) is 10.6 Å². The third-order valence-corrected chi connectivity index (χ3v) is 5.29. The minimum atomic E-state index is -0.488. The molecule has 0 saturated heterocycles. The summed E-state index contributed by atoms with van der Waals surface area (Å²) in [5, 5.41) is 6.05. The summed E-state index contributed by atoms with van der Waals surface area (Å²) >= 11 is 0. The minimum Gasteiger partial charge on any atom is -0.348 e. The smallest absolute Gasteiger partial charge is 0.243 e. The molecule has 0 radical (unpaired) electrons. The van der Waals surface area contributed by atoms with Gasteiger partial charge in [0, 0.05) is 5.92 Å². The molecule has 2 unspecified atom stereocenters. The van der Waals surface area contributed by atoms with Crippen molar-refractivity contribution in [2.75, 3.05) is 0 Å². The Morgan fingerprint density at radius 1 is 0.960 bits per heavy atom. The van der Waals surface area contributed by atoms with Gasteiger partial charge in [-0.2, -0.15) is 0 Å². The minimum absolute atomic E-state index is 0.0353. The Bertz CT molecular complexity index is 563. The van der Waals surface area contributed by atoms with Crippen LogP contribution in [-0.4, -0.2) is 17.9 Å². The first-order valence-corrected chi connectivity index (χ1v) is 9.54. The second kappa shape index (κ2) is 9.02. The Hall–Kier alpha value is -1.84. The van der Waals surface area contributed by atoms with Crippen molar-refractivity contribution in [3.63, 3.8) is 0 Å². The molecule has 4 nitrogen and oxygen atoms in total. The quantitative estimate of drug-likeness (QED) is 0.824. The molecule has 2 N–H and O–H groups in total. The molecule has 4 heteroatoms. The second-order valence-corrected chi connectivity index (χ2v) is 7.83. The highest BCUT2D eigenvalue weighted by Crippen LogP contribution is 2.28. The average molecular weight is 344 g/mol. The zero-order valence-electron chi connectivity index (χ0n) is 15.9. The molecule has 1 aliphatic carbocycles. The zero-order valence-corrected chi connectivity index (χ0v) is 15.9. The van der Waals surface area contributed by atoms with Gasteiger partial charge in [-0.05, 0) is 50.0 Å². The number of hydrogen-bond donors (Lipinski definition) is 2. The van der Waals surface area contributed by atoms with Crippen LogP contribution in [0.2, 0.25) is 0 Å². The fraction of sp³-hybridized carbons (Fsp3) is 0.619. The highest BCUT2D eigenvalue weighted by Gasteiger charge is 2.30. The highest BCUT2D eigenvalue weighted by atomic mass is 16.2. The van der Waals surface area contributed by atoms with E-state index in [0.717, 1.165) is 31.2 Å². The van der Waals surface area contributed by atoms with E-state index in [-0.39, 0.29) is 29.7 Å².